The zero-order valence-electron chi connectivity index (χ0n) is 23.1. The Balaban J connectivity index is 1.56. The molecule has 0 spiro atoms. The third kappa shape index (κ3) is 5.48. The molecule has 40 heavy (non-hydrogen) atoms. The summed E-state index contributed by atoms with van der Waals surface area (Å²) in [5.41, 5.74) is 1.76. The van der Waals surface area contributed by atoms with Gasteiger partial charge in [0, 0.05) is 36.6 Å². The quantitative estimate of drug-likeness (QED) is 0.224. The summed E-state index contributed by atoms with van der Waals surface area (Å²) in [6.45, 7) is 6.38. The number of fused-ring (bicyclic) bond motifs is 1. The zero-order valence-corrected chi connectivity index (χ0v) is 24.6. The third-order valence-corrected chi connectivity index (χ3v) is 8.78. The van der Waals surface area contributed by atoms with E-state index < -0.39 is 0 Å². The Hall–Kier alpha value is -3.34. The predicted octanol–water partition coefficient (Wildman–Crippen LogP) is 5.59. The van der Waals surface area contributed by atoms with E-state index in [1.807, 2.05) is 41.0 Å². The molecule has 1 fully saturated rings. The molecule has 4 aromatic rings. The normalized spacial score (nSPS) is 14.7. The largest absolute Gasteiger partial charge is 0.496 e. The van der Waals surface area contributed by atoms with Gasteiger partial charge in [0.25, 0.3) is 5.91 Å². The number of hydrogen-bond donors (Lipinski definition) is 0. The molecule has 0 aliphatic carbocycles. The number of nitrogens with zero attached hydrogens (tertiary/aromatic N) is 4. The van der Waals surface area contributed by atoms with Crippen molar-refractivity contribution in [2.24, 2.45) is 0 Å². The maximum absolute atomic E-state index is 14.3. The van der Waals surface area contributed by atoms with E-state index in [2.05, 4.69) is 23.9 Å². The second-order valence-electron chi connectivity index (χ2n) is 10.1. The van der Waals surface area contributed by atoms with E-state index >= 15 is 0 Å². The number of aromatic nitrogens is 2. The number of ether oxygens (including phenoxy) is 2. The molecule has 1 amide bonds. The number of rotatable bonds is 10. The summed E-state index contributed by atoms with van der Waals surface area (Å²) in [6, 6.07) is 11.4. The van der Waals surface area contributed by atoms with Gasteiger partial charge in [0.05, 0.1) is 42.0 Å². The van der Waals surface area contributed by atoms with Gasteiger partial charge in [0.1, 0.15) is 29.2 Å². The molecular formula is C29H33ClN4O5S. The lowest BCUT2D eigenvalue weighted by Gasteiger charge is -2.39. The smallest absolute Gasteiger partial charge is 0.271 e. The van der Waals surface area contributed by atoms with Gasteiger partial charge >= 0.3 is 0 Å². The van der Waals surface area contributed by atoms with Gasteiger partial charge in [-0.2, -0.15) is 0 Å². The number of thiophene rings is 1. The minimum Gasteiger partial charge on any atom is -0.496 e. The van der Waals surface area contributed by atoms with Gasteiger partial charge in [-0.05, 0) is 57.0 Å². The molecule has 0 N–H and O–H groups in total. The molecule has 1 saturated heterocycles. The number of benzene rings is 1. The number of likely N-dealkylation sites (tertiary alicyclic amines) is 1. The van der Waals surface area contributed by atoms with Gasteiger partial charge in [-0.25, -0.2) is 0 Å². The second kappa shape index (κ2) is 12.0. The minimum absolute atomic E-state index is 0.0220. The lowest BCUT2D eigenvalue weighted by atomic mass is 10.0. The summed E-state index contributed by atoms with van der Waals surface area (Å²) >= 11 is 7.52. The summed E-state index contributed by atoms with van der Waals surface area (Å²) in [7, 11) is 3.19. The van der Waals surface area contributed by atoms with Gasteiger partial charge in [0.2, 0.25) is 0 Å². The Morgan fingerprint density at radius 1 is 1.18 bits per heavy atom. The first-order valence-electron chi connectivity index (χ1n) is 13.3. The molecule has 9 nitrogen and oxygen atoms in total. The Labute approximate surface area is 242 Å². The first-order chi connectivity index (χ1) is 19.3. The summed E-state index contributed by atoms with van der Waals surface area (Å²) in [6.07, 6.45) is 2.41. The van der Waals surface area contributed by atoms with E-state index in [9.17, 15) is 9.59 Å². The van der Waals surface area contributed by atoms with E-state index in [0.29, 0.717) is 44.5 Å². The minimum atomic E-state index is -0.218. The molecule has 212 valence electrons. The van der Waals surface area contributed by atoms with Crippen LogP contribution in [0.2, 0.25) is 4.34 Å². The number of halogens is 1. The Morgan fingerprint density at radius 3 is 2.52 bits per heavy atom. The van der Waals surface area contributed by atoms with Crippen LogP contribution in [0.4, 0.5) is 0 Å². The fraction of sp³-hybridized carbons (Fsp3) is 0.414. The van der Waals surface area contributed by atoms with Crippen LogP contribution in [0.25, 0.3) is 21.5 Å². The van der Waals surface area contributed by atoms with E-state index in [1.165, 1.54) is 11.3 Å². The number of amides is 1. The second-order valence-corrected chi connectivity index (χ2v) is 11.8. The van der Waals surface area contributed by atoms with Crippen LogP contribution < -0.4 is 9.47 Å². The Kier molecular flexibility index (Phi) is 8.48. The van der Waals surface area contributed by atoms with Crippen molar-refractivity contribution in [2.75, 3.05) is 33.9 Å². The van der Waals surface area contributed by atoms with E-state index in [0.717, 1.165) is 42.5 Å². The van der Waals surface area contributed by atoms with Crippen LogP contribution >= 0.6 is 22.9 Å². The highest BCUT2D eigenvalue weighted by Crippen LogP contribution is 2.38. The highest BCUT2D eigenvalue weighted by Gasteiger charge is 2.32. The molecule has 3 aromatic heterocycles. The number of hydrogen-bond acceptors (Lipinski definition) is 8. The molecule has 0 atom stereocenters. The van der Waals surface area contributed by atoms with Gasteiger partial charge in [-0.1, -0.05) is 16.8 Å². The van der Waals surface area contributed by atoms with Crippen LogP contribution in [0.3, 0.4) is 0 Å². The maximum atomic E-state index is 14.3. The van der Waals surface area contributed by atoms with Crippen molar-refractivity contribution in [1.82, 2.24) is 19.5 Å². The standard InChI is InChI=1S/C29H33ClN4O5S/c1-18(2)32-11-9-20(10-12-32)33(13-14-35)29(36)22-16-21-23(37-3)5-6-24(38-4)28(21)34(22)17-19-15-25(39-31-19)26-7-8-27(30)40-26/h5-8,14-16,18,20H,9-13,17H2,1-4H3. The fourth-order valence-electron chi connectivity index (χ4n) is 5.46. The van der Waals surface area contributed by atoms with Crippen LogP contribution in [0.15, 0.2) is 40.9 Å². The summed E-state index contributed by atoms with van der Waals surface area (Å²) < 4.78 is 19.5. The van der Waals surface area contributed by atoms with Crippen LogP contribution in [-0.2, 0) is 11.3 Å². The van der Waals surface area contributed by atoms with E-state index in [4.69, 9.17) is 25.6 Å². The zero-order chi connectivity index (χ0) is 28.4. The first-order valence-corrected chi connectivity index (χ1v) is 14.5. The molecule has 1 aliphatic heterocycles. The van der Waals surface area contributed by atoms with Crippen LogP contribution in [-0.4, -0.2) is 77.7 Å². The van der Waals surface area contributed by atoms with Gasteiger partial charge in [-0.15, -0.1) is 11.3 Å². The van der Waals surface area contributed by atoms with Crippen LogP contribution in [0, 0.1) is 0 Å². The topological polar surface area (TPSA) is 90.0 Å². The van der Waals surface area contributed by atoms with Gasteiger partial charge < -0.3 is 33.2 Å². The molecule has 1 aliphatic rings. The van der Waals surface area contributed by atoms with Crippen LogP contribution in [0.1, 0.15) is 42.9 Å². The highest BCUT2D eigenvalue weighted by molar-refractivity contribution is 7.19. The van der Waals surface area contributed by atoms with Crippen molar-refractivity contribution in [1.29, 1.82) is 0 Å². The van der Waals surface area contributed by atoms with Crippen molar-refractivity contribution in [3.8, 4) is 22.1 Å². The monoisotopic (exact) mass is 584 g/mol. The van der Waals surface area contributed by atoms with E-state index in [-0.39, 0.29) is 25.0 Å². The summed E-state index contributed by atoms with van der Waals surface area (Å²) in [5, 5.41) is 5.02. The molecule has 0 bridgehead atoms. The lowest BCUT2D eigenvalue weighted by Crippen LogP contribution is -2.49. The SMILES string of the molecule is COc1ccc(OC)c2c1cc(C(=O)N(CC=O)C1CCN(C(C)C)CC1)n2Cc1cc(-c2ccc(Cl)s2)on1. The maximum Gasteiger partial charge on any atom is 0.271 e. The molecule has 1 aromatic carbocycles. The first kappa shape index (κ1) is 28.2. The average Bonchev–Trinajstić information content (AvgIpc) is 3.70. The molecular weight excluding hydrogens is 552 g/mol. The number of carbonyl (C=O) groups excluding carboxylic acids is 2. The van der Waals surface area contributed by atoms with E-state index in [1.54, 1.807) is 19.1 Å². The summed E-state index contributed by atoms with van der Waals surface area (Å²) in [4.78, 5) is 31.0. The molecule has 11 heteroatoms. The molecule has 4 heterocycles. The highest BCUT2D eigenvalue weighted by atomic mass is 35.5. The summed E-state index contributed by atoms with van der Waals surface area (Å²) in [5.74, 6) is 1.59. The molecule has 5 rings (SSSR count). The Morgan fingerprint density at radius 2 is 1.90 bits per heavy atom. The average molecular weight is 585 g/mol. The number of carbonyl (C=O) groups is 2. The third-order valence-electron chi connectivity index (χ3n) is 7.54. The Bertz CT molecular complexity index is 1500. The van der Waals surface area contributed by atoms with Crippen molar-refractivity contribution < 1.29 is 23.6 Å². The predicted molar refractivity (Wildman–Crippen MR) is 156 cm³/mol. The van der Waals surface area contributed by atoms with Crippen molar-refractivity contribution in [3.05, 3.63) is 52.1 Å². The van der Waals surface area contributed by atoms with Gasteiger partial charge in [0.15, 0.2) is 5.76 Å². The number of aldehydes is 1. The fourth-order valence-corrected chi connectivity index (χ4v) is 6.45. The van der Waals surface area contributed by atoms with Crippen molar-refractivity contribution in [2.45, 2.75) is 45.3 Å². The molecule has 0 saturated carbocycles. The molecule has 0 radical (unpaired) electrons. The lowest BCUT2D eigenvalue weighted by molar-refractivity contribution is -0.109. The van der Waals surface area contributed by atoms with Crippen LogP contribution in [0.5, 0.6) is 11.5 Å². The van der Waals surface area contributed by atoms with Crippen molar-refractivity contribution >= 4 is 46.0 Å². The number of piperidine rings is 1. The molecule has 0 unspecified atom stereocenters. The van der Waals surface area contributed by atoms with Crippen molar-refractivity contribution in [3.63, 3.8) is 0 Å². The number of methoxy groups -OCH3 is 2. The van der Waals surface area contributed by atoms with Gasteiger partial charge in [-0.3, -0.25) is 4.79 Å².